The fourth-order valence-corrected chi connectivity index (χ4v) is 1.22. The molecule has 0 spiro atoms. The van der Waals surface area contributed by atoms with Crippen molar-refractivity contribution in [3.05, 3.63) is 35.4 Å². The Morgan fingerprint density at radius 2 is 2.06 bits per heavy atom. The number of carbonyl (C=O) groups is 1. The van der Waals surface area contributed by atoms with Crippen LogP contribution < -0.4 is 5.73 Å². The zero-order valence-corrected chi connectivity index (χ0v) is 9.09. The second kappa shape index (κ2) is 4.57. The standard InChI is InChI=1S/C11H13F2NO2/c1-3-16-10(15)11(2,14)7-4-5-8(12)9(13)6-7/h4-6H,3,14H2,1-2H3. The Balaban J connectivity index is 3.06. The van der Waals surface area contributed by atoms with Crippen molar-refractivity contribution in [1.82, 2.24) is 0 Å². The summed E-state index contributed by atoms with van der Waals surface area (Å²) in [7, 11) is 0. The molecule has 2 N–H and O–H groups in total. The molecule has 0 amide bonds. The van der Waals surface area contributed by atoms with E-state index in [0.717, 1.165) is 12.1 Å². The molecule has 5 heteroatoms. The highest BCUT2D eigenvalue weighted by Crippen LogP contribution is 2.21. The SMILES string of the molecule is CCOC(=O)C(C)(N)c1ccc(F)c(F)c1. The maximum atomic E-state index is 13.0. The number of ether oxygens (including phenoxy) is 1. The van der Waals surface area contributed by atoms with Gasteiger partial charge in [0.15, 0.2) is 11.6 Å². The van der Waals surface area contributed by atoms with Crippen molar-refractivity contribution >= 4 is 5.97 Å². The molecule has 16 heavy (non-hydrogen) atoms. The predicted molar refractivity (Wildman–Crippen MR) is 54.5 cm³/mol. The van der Waals surface area contributed by atoms with E-state index in [1.807, 2.05) is 0 Å². The number of nitrogens with two attached hydrogens (primary N) is 1. The van der Waals surface area contributed by atoms with E-state index in [1.165, 1.54) is 13.0 Å². The Kier molecular flexibility index (Phi) is 3.59. The predicted octanol–water partition coefficient (Wildman–Crippen LogP) is 1.70. The van der Waals surface area contributed by atoms with Gasteiger partial charge in [0.25, 0.3) is 0 Å². The molecule has 0 aliphatic heterocycles. The molecule has 1 aromatic rings. The van der Waals surface area contributed by atoms with Gasteiger partial charge in [-0.15, -0.1) is 0 Å². The Morgan fingerprint density at radius 1 is 1.44 bits per heavy atom. The Morgan fingerprint density at radius 3 is 2.56 bits per heavy atom. The van der Waals surface area contributed by atoms with Crippen molar-refractivity contribution in [3.63, 3.8) is 0 Å². The monoisotopic (exact) mass is 229 g/mol. The molecule has 0 aliphatic rings. The van der Waals surface area contributed by atoms with Crippen molar-refractivity contribution in [2.24, 2.45) is 5.73 Å². The molecule has 1 atom stereocenters. The molecule has 0 radical (unpaired) electrons. The minimum atomic E-state index is -1.48. The van der Waals surface area contributed by atoms with Crippen molar-refractivity contribution in [1.29, 1.82) is 0 Å². The molecule has 1 aromatic carbocycles. The molecular weight excluding hydrogens is 216 g/mol. The average Bonchev–Trinajstić information content (AvgIpc) is 2.22. The van der Waals surface area contributed by atoms with E-state index in [0.29, 0.717) is 0 Å². The van der Waals surface area contributed by atoms with Crippen LogP contribution in [0.25, 0.3) is 0 Å². The number of hydrogen-bond acceptors (Lipinski definition) is 3. The van der Waals surface area contributed by atoms with Crippen molar-refractivity contribution in [3.8, 4) is 0 Å². The highest BCUT2D eigenvalue weighted by Gasteiger charge is 2.32. The molecule has 1 rings (SSSR count). The van der Waals surface area contributed by atoms with Gasteiger partial charge in [-0.1, -0.05) is 6.07 Å². The van der Waals surface area contributed by atoms with Gasteiger partial charge in [0.2, 0.25) is 0 Å². The van der Waals surface area contributed by atoms with Crippen LogP contribution in [-0.4, -0.2) is 12.6 Å². The molecule has 0 bridgehead atoms. The van der Waals surface area contributed by atoms with Gasteiger partial charge in [-0.05, 0) is 31.5 Å². The maximum absolute atomic E-state index is 13.0. The first-order valence-corrected chi connectivity index (χ1v) is 4.81. The lowest BCUT2D eigenvalue weighted by Gasteiger charge is -2.22. The lowest BCUT2D eigenvalue weighted by Crippen LogP contribution is -2.43. The molecule has 0 heterocycles. The topological polar surface area (TPSA) is 52.3 Å². The summed E-state index contributed by atoms with van der Waals surface area (Å²) in [6.07, 6.45) is 0. The molecule has 0 aliphatic carbocycles. The molecular formula is C11H13F2NO2. The van der Waals surface area contributed by atoms with Crippen molar-refractivity contribution in [2.75, 3.05) is 6.61 Å². The van der Waals surface area contributed by atoms with Gasteiger partial charge in [0.05, 0.1) is 6.61 Å². The van der Waals surface area contributed by atoms with Crippen LogP contribution in [0.2, 0.25) is 0 Å². The number of benzene rings is 1. The van der Waals surface area contributed by atoms with Gasteiger partial charge in [-0.2, -0.15) is 0 Å². The van der Waals surface area contributed by atoms with Gasteiger partial charge in [-0.25, -0.2) is 13.6 Å². The summed E-state index contributed by atoms with van der Waals surface area (Å²) in [6.45, 7) is 3.20. The van der Waals surface area contributed by atoms with E-state index in [4.69, 9.17) is 10.5 Å². The third-order valence-electron chi connectivity index (χ3n) is 2.22. The largest absolute Gasteiger partial charge is 0.464 e. The second-order valence-electron chi connectivity index (χ2n) is 3.55. The highest BCUT2D eigenvalue weighted by molar-refractivity contribution is 5.81. The molecule has 1 unspecified atom stereocenters. The van der Waals surface area contributed by atoms with Crippen LogP contribution in [0.4, 0.5) is 8.78 Å². The zero-order chi connectivity index (χ0) is 12.3. The quantitative estimate of drug-likeness (QED) is 0.802. The Labute approximate surface area is 92.2 Å². The number of rotatable bonds is 3. The molecule has 0 aromatic heterocycles. The second-order valence-corrected chi connectivity index (χ2v) is 3.55. The number of carbonyl (C=O) groups excluding carboxylic acids is 1. The van der Waals surface area contributed by atoms with Crippen LogP contribution in [0.3, 0.4) is 0 Å². The first-order valence-electron chi connectivity index (χ1n) is 4.81. The van der Waals surface area contributed by atoms with Crippen LogP contribution >= 0.6 is 0 Å². The Hall–Kier alpha value is -1.49. The van der Waals surface area contributed by atoms with Crippen LogP contribution in [0, 0.1) is 11.6 Å². The van der Waals surface area contributed by atoms with E-state index in [9.17, 15) is 13.6 Å². The number of hydrogen-bond donors (Lipinski definition) is 1. The van der Waals surface area contributed by atoms with Crippen LogP contribution in [0.15, 0.2) is 18.2 Å². The minimum absolute atomic E-state index is 0.171. The van der Waals surface area contributed by atoms with E-state index in [1.54, 1.807) is 6.92 Å². The molecule has 3 nitrogen and oxygen atoms in total. The molecule has 0 saturated heterocycles. The third-order valence-corrected chi connectivity index (χ3v) is 2.22. The number of halogens is 2. The fraction of sp³-hybridized carbons (Fsp3) is 0.364. The molecule has 0 fully saturated rings. The summed E-state index contributed by atoms with van der Waals surface area (Å²) in [5.41, 5.74) is 4.41. The van der Waals surface area contributed by atoms with E-state index >= 15 is 0 Å². The van der Waals surface area contributed by atoms with Gasteiger partial charge < -0.3 is 10.5 Å². The van der Waals surface area contributed by atoms with Gasteiger partial charge >= 0.3 is 5.97 Å². The van der Waals surface area contributed by atoms with Gasteiger partial charge in [-0.3, -0.25) is 0 Å². The fourth-order valence-electron chi connectivity index (χ4n) is 1.22. The first kappa shape index (κ1) is 12.6. The summed E-state index contributed by atoms with van der Waals surface area (Å²) in [6, 6.07) is 3.08. The van der Waals surface area contributed by atoms with E-state index in [-0.39, 0.29) is 12.2 Å². The summed E-state index contributed by atoms with van der Waals surface area (Å²) in [5.74, 6) is -2.71. The molecule has 88 valence electrons. The first-order chi connectivity index (χ1) is 7.39. The third kappa shape index (κ3) is 2.36. The Bertz CT molecular complexity index is 405. The summed E-state index contributed by atoms with van der Waals surface area (Å²) >= 11 is 0. The summed E-state index contributed by atoms with van der Waals surface area (Å²) < 4.78 is 30.4. The average molecular weight is 229 g/mol. The van der Waals surface area contributed by atoms with Crippen LogP contribution in [-0.2, 0) is 15.1 Å². The van der Waals surface area contributed by atoms with Crippen LogP contribution in [0.1, 0.15) is 19.4 Å². The van der Waals surface area contributed by atoms with Crippen LogP contribution in [0.5, 0.6) is 0 Å². The lowest BCUT2D eigenvalue weighted by atomic mass is 9.93. The van der Waals surface area contributed by atoms with Crippen molar-refractivity contribution < 1.29 is 18.3 Å². The summed E-state index contributed by atoms with van der Waals surface area (Å²) in [4.78, 5) is 11.5. The number of esters is 1. The van der Waals surface area contributed by atoms with E-state index < -0.39 is 23.1 Å². The lowest BCUT2D eigenvalue weighted by molar-refractivity contribution is -0.149. The highest BCUT2D eigenvalue weighted by atomic mass is 19.2. The smallest absolute Gasteiger partial charge is 0.330 e. The van der Waals surface area contributed by atoms with Gasteiger partial charge in [0.1, 0.15) is 5.54 Å². The normalized spacial score (nSPS) is 14.3. The molecule has 0 saturated carbocycles. The zero-order valence-electron chi connectivity index (χ0n) is 9.09. The van der Waals surface area contributed by atoms with E-state index in [2.05, 4.69) is 0 Å². The summed E-state index contributed by atoms with van der Waals surface area (Å²) in [5, 5.41) is 0. The van der Waals surface area contributed by atoms with Crippen molar-refractivity contribution in [2.45, 2.75) is 19.4 Å². The van der Waals surface area contributed by atoms with Gasteiger partial charge in [0, 0.05) is 0 Å². The maximum Gasteiger partial charge on any atom is 0.330 e. The minimum Gasteiger partial charge on any atom is -0.464 e.